The molecule has 0 spiro atoms. The maximum atomic E-state index is 13.0. The van der Waals surface area contributed by atoms with Crippen molar-refractivity contribution in [1.29, 1.82) is 0 Å². The third-order valence-corrected chi connectivity index (χ3v) is 8.32. The van der Waals surface area contributed by atoms with Crippen LogP contribution in [-0.4, -0.2) is 69.3 Å². The maximum Gasteiger partial charge on any atom is 0.327 e. The lowest BCUT2D eigenvalue weighted by molar-refractivity contribution is -0.161. The molecule has 3 amide bonds. The number of nitrogens with zero attached hydrogens (tertiary/aromatic N) is 3. The van der Waals surface area contributed by atoms with Gasteiger partial charge in [-0.25, -0.2) is 9.93 Å². The number of anilines is 1. The number of benzene rings is 1. The normalized spacial score (nSPS) is 22.4. The van der Waals surface area contributed by atoms with Crippen LogP contribution in [0.5, 0.6) is 0 Å². The van der Waals surface area contributed by atoms with E-state index in [-0.39, 0.29) is 23.4 Å². The molecule has 4 N–H and O–H groups in total. The van der Waals surface area contributed by atoms with Crippen molar-refractivity contribution in [3.63, 3.8) is 0 Å². The molecular formula is C22H23N5O7S2. The number of hydrogen-bond acceptors (Lipinski definition) is 8. The highest BCUT2D eigenvalue weighted by atomic mass is 32.2. The van der Waals surface area contributed by atoms with Crippen LogP contribution in [-0.2, 0) is 31.0 Å². The minimum atomic E-state index is -4.60. The van der Waals surface area contributed by atoms with Crippen molar-refractivity contribution < 1.29 is 32.7 Å². The topological polar surface area (TPSA) is 180 Å². The zero-order chi connectivity index (χ0) is 26.4. The van der Waals surface area contributed by atoms with Gasteiger partial charge in [0.15, 0.2) is 0 Å². The number of amides is 3. The number of rotatable bonds is 7. The first-order chi connectivity index (χ1) is 16.8. The second kappa shape index (κ2) is 9.19. The van der Waals surface area contributed by atoms with Gasteiger partial charge in [0.1, 0.15) is 23.2 Å². The molecule has 2 aliphatic heterocycles. The molecule has 2 aromatic rings. The van der Waals surface area contributed by atoms with Crippen LogP contribution in [0.3, 0.4) is 0 Å². The van der Waals surface area contributed by atoms with Crippen LogP contribution in [0.2, 0.25) is 0 Å². The summed E-state index contributed by atoms with van der Waals surface area (Å²) < 4.78 is 24.4. The summed E-state index contributed by atoms with van der Waals surface area (Å²) in [5.41, 5.74) is -0.130. The van der Waals surface area contributed by atoms with Gasteiger partial charge < -0.3 is 15.3 Å². The van der Waals surface area contributed by atoms with E-state index < -0.39 is 56.1 Å². The molecule has 12 nitrogen and oxygen atoms in total. The third-order valence-electron chi connectivity index (χ3n) is 5.88. The average molecular weight is 534 g/mol. The number of nitrogens with two attached hydrogens (primary N) is 1. The SMILES string of the molecule is CC1(C)S[C@@H]2C(NC(=O)Cc3ccccc3N(C(=O)c3ccccn3)S(N)(=O)=O)C(=O)N2[C@H]1C(=O)O. The van der Waals surface area contributed by atoms with Crippen LogP contribution in [0.15, 0.2) is 48.7 Å². The van der Waals surface area contributed by atoms with E-state index in [1.165, 1.54) is 53.2 Å². The molecule has 0 bridgehead atoms. The maximum absolute atomic E-state index is 13.0. The zero-order valence-electron chi connectivity index (χ0n) is 19.2. The van der Waals surface area contributed by atoms with Crippen molar-refractivity contribution >= 4 is 51.3 Å². The number of carboxylic acid groups (broad SMARTS) is 1. The number of aromatic nitrogens is 1. The van der Waals surface area contributed by atoms with Crippen molar-refractivity contribution in [2.75, 3.05) is 4.31 Å². The van der Waals surface area contributed by atoms with Gasteiger partial charge in [-0.3, -0.25) is 19.4 Å². The Bertz CT molecular complexity index is 1350. The number of β-lactam (4-membered cyclic amide) rings is 1. The summed E-state index contributed by atoms with van der Waals surface area (Å²) in [5, 5.41) is 17.0. The van der Waals surface area contributed by atoms with Gasteiger partial charge in [0.25, 0.3) is 5.91 Å². The Hall–Kier alpha value is -3.49. The van der Waals surface area contributed by atoms with Crippen LogP contribution in [0, 0.1) is 0 Å². The minimum absolute atomic E-state index is 0.130. The van der Waals surface area contributed by atoms with Gasteiger partial charge >= 0.3 is 16.2 Å². The first-order valence-electron chi connectivity index (χ1n) is 10.7. The summed E-state index contributed by atoms with van der Waals surface area (Å²) >= 11 is 1.28. The van der Waals surface area contributed by atoms with Gasteiger partial charge in [0, 0.05) is 10.9 Å². The van der Waals surface area contributed by atoms with Crippen molar-refractivity contribution in [2.45, 2.75) is 42.5 Å². The summed E-state index contributed by atoms with van der Waals surface area (Å²) in [7, 11) is -4.60. The smallest absolute Gasteiger partial charge is 0.327 e. The van der Waals surface area contributed by atoms with E-state index in [1.807, 2.05) is 0 Å². The van der Waals surface area contributed by atoms with Gasteiger partial charge in [-0.1, -0.05) is 24.3 Å². The molecule has 0 saturated carbocycles. The van der Waals surface area contributed by atoms with E-state index in [1.54, 1.807) is 26.0 Å². The Morgan fingerprint density at radius 3 is 2.47 bits per heavy atom. The minimum Gasteiger partial charge on any atom is -0.480 e. The number of para-hydroxylation sites is 1. The van der Waals surface area contributed by atoms with Gasteiger partial charge in [0.2, 0.25) is 11.8 Å². The monoisotopic (exact) mass is 533 g/mol. The van der Waals surface area contributed by atoms with Gasteiger partial charge in [0.05, 0.1) is 12.1 Å². The number of carboxylic acids is 1. The molecule has 2 fully saturated rings. The number of carbonyl (C=O) groups is 4. The fourth-order valence-electron chi connectivity index (χ4n) is 4.36. The molecule has 3 heterocycles. The fraction of sp³-hybridized carbons (Fsp3) is 0.318. The lowest BCUT2D eigenvalue weighted by atomic mass is 9.96. The molecule has 1 aromatic carbocycles. The van der Waals surface area contributed by atoms with E-state index >= 15 is 0 Å². The Kier molecular flexibility index (Phi) is 6.53. The lowest BCUT2D eigenvalue weighted by Crippen LogP contribution is -2.70. The van der Waals surface area contributed by atoms with Crippen LogP contribution in [0.25, 0.3) is 0 Å². The fourth-order valence-corrected chi connectivity index (χ4v) is 6.76. The Balaban J connectivity index is 1.55. The van der Waals surface area contributed by atoms with E-state index in [0.717, 1.165) is 0 Å². The highest BCUT2D eigenvalue weighted by molar-refractivity contribution is 8.01. The molecule has 1 aromatic heterocycles. The molecule has 36 heavy (non-hydrogen) atoms. The van der Waals surface area contributed by atoms with Crippen molar-refractivity contribution in [1.82, 2.24) is 15.2 Å². The van der Waals surface area contributed by atoms with Gasteiger partial charge in [-0.2, -0.15) is 12.7 Å². The molecule has 14 heteroatoms. The van der Waals surface area contributed by atoms with Crippen molar-refractivity contribution in [3.8, 4) is 0 Å². The number of carbonyl (C=O) groups excluding carboxylic acids is 3. The molecule has 3 atom stereocenters. The van der Waals surface area contributed by atoms with Crippen molar-refractivity contribution in [2.24, 2.45) is 5.14 Å². The number of hydrogen-bond donors (Lipinski definition) is 3. The largest absolute Gasteiger partial charge is 0.480 e. The second-order valence-corrected chi connectivity index (χ2v) is 11.9. The predicted molar refractivity (Wildman–Crippen MR) is 130 cm³/mol. The van der Waals surface area contributed by atoms with Crippen LogP contribution in [0.4, 0.5) is 5.69 Å². The average Bonchev–Trinajstić information content (AvgIpc) is 3.06. The molecule has 1 unspecified atom stereocenters. The summed E-state index contributed by atoms with van der Waals surface area (Å²) in [5.74, 6) is -3.25. The molecule has 190 valence electrons. The van der Waals surface area contributed by atoms with E-state index in [9.17, 15) is 32.7 Å². The standard InChI is InChI=1S/C22H23N5O7S2/c1-22(2)17(21(31)32)26-19(30)16(20(26)35-22)25-15(28)11-12-7-3-4-9-14(12)27(36(23,33)34)18(29)13-8-5-6-10-24-13/h3-10,16-17,20H,11H2,1-2H3,(H,25,28)(H,31,32)(H2,23,33,34)/t16?,17-,20+/m0/s1. The van der Waals surface area contributed by atoms with E-state index in [0.29, 0.717) is 4.31 Å². The molecule has 2 aliphatic rings. The first-order valence-corrected chi connectivity index (χ1v) is 13.1. The van der Waals surface area contributed by atoms with Crippen LogP contribution < -0.4 is 14.8 Å². The number of thioether (sulfide) groups is 1. The summed E-state index contributed by atoms with van der Waals surface area (Å²) in [6.07, 6.45) is 0.953. The summed E-state index contributed by atoms with van der Waals surface area (Å²) in [6, 6.07) is 8.28. The Labute approximate surface area is 211 Å². The van der Waals surface area contributed by atoms with Crippen LogP contribution in [0.1, 0.15) is 29.9 Å². The Morgan fingerprint density at radius 1 is 1.19 bits per heavy atom. The summed E-state index contributed by atoms with van der Waals surface area (Å²) in [6.45, 7) is 3.44. The zero-order valence-corrected chi connectivity index (χ0v) is 20.8. The molecule has 2 saturated heterocycles. The van der Waals surface area contributed by atoms with Crippen LogP contribution >= 0.6 is 11.8 Å². The number of fused-ring (bicyclic) bond motifs is 1. The third kappa shape index (κ3) is 4.54. The predicted octanol–water partition coefficient (Wildman–Crippen LogP) is 0.106. The first kappa shape index (κ1) is 25.6. The Morgan fingerprint density at radius 2 is 1.86 bits per heavy atom. The van der Waals surface area contributed by atoms with Gasteiger partial charge in [-0.05, 0) is 37.6 Å². The molecular weight excluding hydrogens is 510 g/mol. The number of aliphatic carboxylic acids is 1. The molecule has 0 radical (unpaired) electrons. The highest BCUT2D eigenvalue weighted by Crippen LogP contribution is 2.50. The second-order valence-electron chi connectivity index (χ2n) is 8.78. The number of pyridine rings is 1. The lowest BCUT2D eigenvalue weighted by Gasteiger charge is -2.43. The van der Waals surface area contributed by atoms with E-state index in [2.05, 4.69) is 10.3 Å². The van der Waals surface area contributed by atoms with Crippen molar-refractivity contribution in [3.05, 3.63) is 59.9 Å². The number of nitrogens with one attached hydrogen (secondary N) is 1. The molecule has 0 aliphatic carbocycles. The highest BCUT2D eigenvalue weighted by Gasteiger charge is 2.64. The summed E-state index contributed by atoms with van der Waals surface area (Å²) in [4.78, 5) is 55.3. The quantitative estimate of drug-likeness (QED) is 0.416. The molecule has 4 rings (SSSR count). The van der Waals surface area contributed by atoms with Gasteiger partial charge in [-0.15, -0.1) is 11.8 Å². The van der Waals surface area contributed by atoms with E-state index in [4.69, 9.17) is 5.14 Å².